The fourth-order valence-electron chi connectivity index (χ4n) is 1.20. The number of hydrogen-bond donors (Lipinski definition) is 2. The number of nitrogens with zero attached hydrogens (tertiary/aromatic N) is 1. The van der Waals surface area contributed by atoms with E-state index in [1.807, 2.05) is 6.92 Å². The fourth-order valence-corrected chi connectivity index (χ4v) is 1.20. The van der Waals surface area contributed by atoms with E-state index in [4.69, 9.17) is 5.73 Å². The monoisotopic (exact) mass is 199 g/mol. The highest BCUT2D eigenvalue weighted by molar-refractivity contribution is 5.85. The summed E-state index contributed by atoms with van der Waals surface area (Å²) in [6.07, 6.45) is 6.69. The second kappa shape index (κ2) is 8.53. The molecule has 14 heavy (non-hydrogen) atoms. The summed E-state index contributed by atoms with van der Waals surface area (Å²) in [5.41, 5.74) is 8.19. The van der Waals surface area contributed by atoms with E-state index in [0.29, 0.717) is 0 Å². The summed E-state index contributed by atoms with van der Waals surface area (Å²) in [6, 6.07) is -0.593. The predicted molar refractivity (Wildman–Crippen MR) is 59.2 cm³/mol. The van der Waals surface area contributed by atoms with Crippen molar-refractivity contribution in [1.82, 2.24) is 5.43 Å². The van der Waals surface area contributed by atoms with Crippen LogP contribution in [-0.2, 0) is 0 Å². The molecular weight excluding hydrogens is 178 g/mol. The minimum absolute atomic E-state index is 0.593. The molecule has 0 spiro atoms. The van der Waals surface area contributed by atoms with Gasteiger partial charge in [0.1, 0.15) is 0 Å². The van der Waals surface area contributed by atoms with Crippen LogP contribution in [0.3, 0.4) is 0 Å². The molecule has 0 aliphatic rings. The average Bonchev–Trinajstić information content (AvgIpc) is 2.16. The topological polar surface area (TPSA) is 67.5 Å². The lowest BCUT2D eigenvalue weighted by atomic mass is 10.1. The van der Waals surface area contributed by atoms with Crippen LogP contribution in [0.4, 0.5) is 4.79 Å². The lowest BCUT2D eigenvalue weighted by molar-refractivity contribution is 0.249. The Hall–Kier alpha value is -1.06. The van der Waals surface area contributed by atoms with E-state index in [0.717, 1.165) is 25.0 Å². The lowest BCUT2D eigenvalue weighted by Gasteiger charge is -2.03. The molecule has 0 aliphatic carbocycles. The first-order valence-corrected chi connectivity index (χ1v) is 5.31. The first-order valence-electron chi connectivity index (χ1n) is 5.31. The number of carbonyl (C=O) groups is 1. The Morgan fingerprint density at radius 3 is 2.50 bits per heavy atom. The average molecular weight is 199 g/mol. The van der Waals surface area contributed by atoms with Crippen LogP contribution in [0.1, 0.15) is 52.4 Å². The van der Waals surface area contributed by atoms with Gasteiger partial charge in [-0.25, -0.2) is 10.2 Å². The van der Waals surface area contributed by atoms with E-state index >= 15 is 0 Å². The van der Waals surface area contributed by atoms with Gasteiger partial charge in [-0.1, -0.05) is 33.1 Å². The Bertz CT molecular complexity index is 190. The van der Waals surface area contributed by atoms with E-state index in [9.17, 15) is 4.79 Å². The van der Waals surface area contributed by atoms with Gasteiger partial charge >= 0.3 is 6.03 Å². The number of nitrogens with two attached hydrogens (primary N) is 1. The van der Waals surface area contributed by atoms with Gasteiger partial charge in [0, 0.05) is 5.71 Å². The summed E-state index contributed by atoms with van der Waals surface area (Å²) in [5, 5.41) is 3.93. The summed E-state index contributed by atoms with van der Waals surface area (Å²) < 4.78 is 0. The number of primary amides is 1. The van der Waals surface area contributed by atoms with Gasteiger partial charge in [0.05, 0.1) is 0 Å². The number of unbranched alkanes of at least 4 members (excludes halogenated alkanes) is 3. The maximum absolute atomic E-state index is 10.4. The van der Waals surface area contributed by atoms with Crippen molar-refractivity contribution in [1.29, 1.82) is 0 Å². The number of urea groups is 1. The molecule has 0 fully saturated rings. The molecule has 0 bridgehead atoms. The van der Waals surface area contributed by atoms with Crippen molar-refractivity contribution in [3.05, 3.63) is 0 Å². The third kappa shape index (κ3) is 7.58. The first-order chi connectivity index (χ1) is 6.70. The number of hydrogen-bond acceptors (Lipinski definition) is 2. The molecule has 3 N–H and O–H groups in total. The molecule has 0 saturated heterocycles. The Labute approximate surface area is 85.9 Å². The van der Waals surface area contributed by atoms with Gasteiger partial charge in [-0.05, 0) is 19.3 Å². The lowest BCUT2D eigenvalue weighted by Crippen LogP contribution is -2.25. The molecule has 0 aromatic heterocycles. The fraction of sp³-hybridized carbons (Fsp3) is 0.800. The Morgan fingerprint density at radius 2 is 2.00 bits per heavy atom. The summed E-state index contributed by atoms with van der Waals surface area (Å²) in [7, 11) is 0. The minimum Gasteiger partial charge on any atom is -0.350 e. The molecular formula is C10H21N3O. The zero-order valence-corrected chi connectivity index (χ0v) is 9.18. The molecule has 0 rings (SSSR count). The normalized spacial score (nSPS) is 11.4. The molecule has 4 nitrogen and oxygen atoms in total. The smallest absolute Gasteiger partial charge is 0.332 e. The SMILES string of the molecule is CCCCCCC(CC)=NNC(N)=O. The quantitative estimate of drug-likeness (QED) is 0.369. The Kier molecular flexibility index (Phi) is 7.89. The van der Waals surface area contributed by atoms with Crippen LogP contribution in [-0.4, -0.2) is 11.7 Å². The predicted octanol–water partition coefficient (Wildman–Crippen LogP) is 2.39. The van der Waals surface area contributed by atoms with Gasteiger partial charge in [-0.3, -0.25) is 0 Å². The molecule has 0 atom stereocenters. The van der Waals surface area contributed by atoms with Crippen molar-refractivity contribution in [2.24, 2.45) is 10.8 Å². The zero-order valence-electron chi connectivity index (χ0n) is 9.18. The third-order valence-corrected chi connectivity index (χ3v) is 2.05. The second-order valence-corrected chi connectivity index (χ2v) is 3.32. The van der Waals surface area contributed by atoms with Crippen molar-refractivity contribution < 1.29 is 4.79 Å². The van der Waals surface area contributed by atoms with Crippen molar-refractivity contribution in [2.45, 2.75) is 52.4 Å². The van der Waals surface area contributed by atoms with Crippen LogP contribution < -0.4 is 11.2 Å². The molecule has 0 aromatic carbocycles. The van der Waals surface area contributed by atoms with Gasteiger partial charge in [0.25, 0.3) is 0 Å². The number of nitrogens with one attached hydrogen (secondary N) is 1. The largest absolute Gasteiger partial charge is 0.350 e. The summed E-state index contributed by atoms with van der Waals surface area (Å²) >= 11 is 0. The van der Waals surface area contributed by atoms with Crippen molar-refractivity contribution in [3.8, 4) is 0 Å². The molecule has 4 heteroatoms. The molecule has 82 valence electrons. The molecule has 0 saturated carbocycles. The maximum atomic E-state index is 10.4. The molecule has 0 aromatic rings. The highest BCUT2D eigenvalue weighted by Gasteiger charge is 1.97. The second-order valence-electron chi connectivity index (χ2n) is 3.32. The summed E-state index contributed by atoms with van der Waals surface area (Å²) in [4.78, 5) is 10.4. The van der Waals surface area contributed by atoms with Crippen molar-refractivity contribution in [2.75, 3.05) is 0 Å². The van der Waals surface area contributed by atoms with Crippen LogP contribution >= 0.6 is 0 Å². The standard InChI is InChI=1S/C10H21N3O/c1-3-5-6-7-8-9(4-2)12-13-10(11)14/h3-8H2,1-2H3,(H3,11,13,14). The maximum Gasteiger partial charge on any atom is 0.332 e. The molecule has 2 amide bonds. The third-order valence-electron chi connectivity index (χ3n) is 2.05. The van der Waals surface area contributed by atoms with E-state index < -0.39 is 6.03 Å². The summed E-state index contributed by atoms with van der Waals surface area (Å²) in [6.45, 7) is 4.21. The van der Waals surface area contributed by atoms with E-state index in [-0.39, 0.29) is 0 Å². The molecule has 0 heterocycles. The Morgan fingerprint density at radius 1 is 1.29 bits per heavy atom. The van der Waals surface area contributed by atoms with E-state index in [1.54, 1.807) is 0 Å². The number of amides is 2. The van der Waals surface area contributed by atoms with E-state index in [2.05, 4.69) is 17.5 Å². The van der Waals surface area contributed by atoms with Crippen molar-refractivity contribution in [3.63, 3.8) is 0 Å². The highest BCUT2D eigenvalue weighted by atomic mass is 16.2. The number of carbonyl (C=O) groups excluding carboxylic acids is 1. The van der Waals surface area contributed by atoms with Gasteiger partial charge in [-0.2, -0.15) is 5.10 Å². The summed E-state index contributed by atoms with van der Waals surface area (Å²) in [5.74, 6) is 0. The minimum atomic E-state index is -0.593. The van der Waals surface area contributed by atoms with E-state index in [1.165, 1.54) is 19.3 Å². The van der Waals surface area contributed by atoms with Gasteiger partial charge in [0.2, 0.25) is 0 Å². The number of hydrazone groups is 1. The highest BCUT2D eigenvalue weighted by Crippen LogP contribution is 2.05. The Balaban J connectivity index is 3.67. The van der Waals surface area contributed by atoms with Crippen LogP contribution in [0.2, 0.25) is 0 Å². The molecule has 0 radical (unpaired) electrons. The zero-order chi connectivity index (χ0) is 10.8. The van der Waals surface area contributed by atoms with Crippen LogP contribution in [0.15, 0.2) is 5.10 Å². The van der Waals surface area contributed by atoms with Gasteiger partial charge in [0.15, 0.2) is 0 Å². The number of rotatable bonds is 7. The van der Waals surface area contributed by atoms with Crippen LogP contribution in [0.5, 0.6) is 0 Å². The van der Waals surface area contributed by atoms with Crippen LogP contribution in [0, 0.1) is 0 Å². The molecule has 0 aliphatic heterocycles. The van der Waals surface area contributed by atoms with Gasteiger partial charge in [-0.15, -0.1) is 0 Å². The first kappa shape index (κ1) is 12.9. The van der Waals surface area contributed by atoms with Crippen LogP contribution in [0.25, 0.3) is 0 Å². The van der Waals surface area contributed by atoms with Crippen molar-refractivity contribution >= 4 is 11.7 Å². The molecule has 0 unspecified atom stereocenters. The van der Waals surface area contributed by atoms with Gasteiger partial charge < -0.3 is 5.73 Å².